The van der Waals surface area contributed by atoms with Gasteiger partial charge in [0.15, 0.2) is 12.0 Å². The molecule has 0 unspecified atom stereocenters. The molecular formula is C9H7NO2. The molecule has 0 aliphatic carbocycles. The SMILES string of the molecule is Cc1cncc2cc(C=O)oc12. The Morgan fingerprint density at radius 2 is 2.33 bits per heavy atom. The van der Waals surface area contributed by atoms with E-state index in [1.54, 1.807) is 18.5 Å². The molecule has 0 aromatic carbocycles. The van der Waals surface area contributed by atoms with Crippen LogP contribution in [0.25, 0.3) is 11.0 Å². The first-order valence-corrected chi connectivity index (χ1v) is 3.60. The van der Waals surface area contributed by atoms with Crippen LogP contribution >= 0.6 is 0 Å². The summed E-state index contributed by atoms with van der Waals surface area (Å²) >= 11 is 0. The lowest BCUT2D eigenvalue weighted by molar-refractivity contribution is 0.110. The summed E-state index contributed by atoms with van der Waals surface area (Å²) in [5, 5.41) is 0.872. The van der Waals surface area contributed by atoms with Crippen molar-refractivity contribution in [3.8, 4) is 0 Å². The van der Waals surface area contributed by atoms with E-state index in [1.165, 1.54) is 0 Å². The van der Waals surface area contributed by atoms with Gasteiger partial charge in [-0.25, -0.2) is 0 Å². The van der Waals surface area contributed by atoms with Crippen molar-refractivity contribution < 1.29 is 9.21 Å². The number of aldehydes is 1. The van der Waals surface area contributed by atoms with Gasteiger partial charge in [-0.3, -0.25) is 9.78 Å². The van der Waals surface area contributed by atoms with Crippen LogP contribution in [0.2, 0.25) is 0 Å². The maximum Gasteiger partial charge on any atom is 0.185 e. The van der Waals surface area contributed by atoms with Gasteiger partial charge in [-0.05, 0) is 13.0 Å². The van der Waals surface area contributed by atoms with E-state index in [9.17, 15) is 4.79 Å². The number of nitrogens with zero attached hydrogens (tertiary/aromatic N) is 1. The smallest absolute Gasteiger partial charge is 0.185 e. The van der Waals surface area contributed by atoms with E-state index in [0.29, 0.717) is 12.0 Å². The Morgan fingerprint density at radius 3 is 3.00 bits per heavy atom. The van der Waals surface area contributed by atoms with Crippen LogP contribution in [0.4, 0.5) is 0 Å². The minimum Gasteiger partial charge on any atom is -0.453 e. The van der Waals surface area contributed by atoms with E-state index in [4.69, 9.17) is 4.42 Å². The zero-order chi connectivity index (χ0) is 8.55. The zero-order valence-electron chi connectivity index (χ0n) is 6.57. The minimum absolute atomic E-state index is 0.348. The second kappa shape index (κ2) is 2.44. The van der Waals surface area contributed by atoms with Crippen LogP contribution in [0.5, 0.6) is 0 Å². The molecule has 0 bridgehead atoms. The van der Waals surface area contributed by atoms with Crippen LogP contribution in [0.1, 0.15) is 16.1 Å². The van der Waals surface area contributed by atoms with Gasteiger partial charge in [-0.2, -0.15) is 0 Å². The van der Waals surface area contributed by atoms with Crippen LogP contribution in [0.3, 0.4) is 0 Å². The van der Waals surface area contributed by atoms with Gasteiger partial charge >= 0.3 is 0 Å². The summed E-state index contributed by atoms with van der Waals surface area (Å²) in [4.78, 5) is 14.4. The van der Waals surface area contributed by atoms with Crippen LogP contribution in [-0.4, -0.2) is 11.3 Å². The monoisotopic (exact) mass is 161 g/mol. The number of rotatable bonds is 1. The standard InChI is InChI=1S/C9H7NO2/c1-6-3-10-4-7-2-8(5-11)12-9(6)7/h2-5H,1H3. The van der Waals surface area contributed by atoms with Crippen molar-refractivity contribution in [3.63, 3.8) is 0 Å². The van der Waals surface area contributed by atoms with Crippen molar-refractivity contribution in [2.45, 2.75) is 6.92 Å². The Bertz CT molecular complexity index is 431. The highest BCUT2D eigenvalue weighted by Crippen LogP contribution is 2.19. The number of carbonyl (C=O) groups excluding carboxylic acids is 1. The Labute approximate surface area is 69.0 Å². The molecule has 2 rings (SSSR count). The van der Waals surface area contributed by atoms with Gasteiger partial charge in [0, 0.05) is 23.3 Å². The van der Waals surface area contributed by atoms with E-state index in [2.05, 4.69) is 4.98 Å². The molecule has 2 heterocycles. The summed E-state index contributed by atoms with van der Waals surface area (Å²) in [6.45, 7) is 1.90. The first-order valence-electron chi connectivity index (χ1n) is 3.60. The van der Waals surface area contributed by atoms with Crippen molar-refractivity contribution in [2.24, 2.45) is 0 Å². The van der Waals surface area contributed by atoms with E-state index >= 15 is 0 Å². The number of furan rings is 1. The van der Waals surface area contributed by atoms with Gasteiger partial charge in [0.2, 0.25) is 0 Å². The normalized spacial score (nSPS) is 10.4. The van der Waals surface area contributed by atoms with E-state index < -0.39 is 0 Å². The molecule has 3 heteroatoms. The van der Waals surface area contributed by atoms with Crippen molar-refractivity contribution >= 4 is 17.3 Å². The highest BCUT2D eigenvalue weighted by Gasteiger charge is 2.04. The summed E-state index contributed by atoms with van der Waals surface area (Å²) in [6.07, 6.45) is 4.08. The second-order valence-electron chi connectivity index (χ2n) is 2.64. The van der Waals surface area contributed by atoms with E-state index in [0.717, 1.165) is 16.5 Å². The molecule has 2 aromatic rings. The molecule has 3 nitrogen and oxygen atoms in total. The highest BCUT2D eigenvalue weighted by molar-refractivity contribution is 5.85. The van der Waals surface area contributed by atoms with Crippen molar-refractivity contribution in [3.05, 3.63) is 29.8 Å². The molecule has 0 aliphatic rings. The van der Waals surface area contributed by atoms with Gasteiger partial charge in [0.1, 0.15) is 5.58 Å². The van der Waals surface area contributed by atoms with Gasteiger partial charge in [0.25, 0.3) is 0 Å². The van der Waals surface area contributed by atoms with Crippen molar-refractivity contribution in [1.29, 1.82) is 0 Å². The number of carbonyl (C=O) groups is 1. The fraction of sp³-hybridized carbons (Fsp3) is 0.111. The van der Waals surface area contributed by atoms with Gasteiger partial charge in [0.05, 0.1) is 0 Å². The number of fused-ring (bicyclic) bond motifs is 1. The summed E-state index contributed by atoms with van der Waals surface area (Å²) in [5.41, 5.74) is 1.69. The number of aryl methyl sites for hydroxylation is 1. The Hall–Kier alpha value is -1.64. The molecule has 60 valence electrons. The average Bonchev–Trinajstić information content (AvgIpc) is 2.49. The fourth-order valence-corrected chi connectivity index (χ4v) is 1.18. The average molecular weight is 161 g/mol. The third kappa shape index (κ3) is 0.906. The maximum absolute atomic E-state index is 10.4. The molecule has 0 spiro atoms. The maximum atomic E-state index is 10.4. The Kier molecular flexibility index (Phi) is 1.43. The minimum atomic E-state index is 0.348. The number of hydrogen-bond donors (Lipinski definition) is 0. The number of pyridine rings is 1. The molecule has 0 saturated carbocycles. The molecule has 0 atom stereocenters. The van der Waals surface area contributed by atoms with Crippen molar-refractivity contribution in [1.82, 2.24) is 4.98 Å². The molecule has 0 saturated heterocycles. The lowest BCUT2D eigenvalue weighted by Gasteiger charge is -1.90. The highest BCUT2D eigenvalue weighted by atomic mass is 16.3. The van der Waals surface area contributed by atoms with Crippen LogP contribution in [-0.2, 0) is 0 Å². The molecule has 2 aromatic heterocycles. The van der Waals surface area contributed by atoms with Crippen LogP contribution in [0.15, 0.2) is 22.9 Å². The summed E-state index contributed by atoms with van der Waals surface area (Å²) in [6, 6.07) is 1.68. The van der Waals surface area contributed by atoms with Gasteiger partial charge in [-0.15, -0.1) is 0 Å². The molecule has 0 fully saturated rings. The lowest BCUT2D eigenvalue weighted by Crippen LogP contribution is -1.74. The van der Waals surface area contributed by atoms with E-state index in [-0.39, 0.29) is 0 Å². The summed E-state index contributed by atoms with van der Waals surface area (Å²) < 4.78 is 5.24. The third-order valence-electron chi connectivity index (χ3n) is 1.74. The van der Waals surface area contributed by atoms with Crippen LogP contribution in [0, 0.1) is 6.92 Å². The topological polar surface area (TPSA) is 43.1 Å². The molecule has 0 aliphatic heterocycles. The quantitative estimate of drug-likeness (QED) is 0.600. The fourth-order valence-electron chi connectivity index (χ4n) is 1.18. The molecular weight excluding hydrogens is 154 g/mol. The summed E-state index contributed by atoms with van der Waals surface area (Å²) in [7, 11) is 0. The molecule has 0 N–H and O–H groups in total. The van der Waals surface area contributed by atoms with Crippen molar-refractivity contribution in [2.75, 3.05) is 0 Å². The number of hydrogen-bond acceptors (Lipinski definition) is 3. The molecule has 12 heavy (non-hydrogen) atoms. The predicted octanol–water partition coefficient (Wildman–Crippen LogP) is 1.95. The largest absolute Gasteiger partial charge is 0.453 e. The first-order chi connectivity index (χ1) is 5.81. The lowest BCUT2D eigenvalue weighted by atomic mass is 10.2. The second-order valence-corrected chi connectivity index (χ2v) is 2.64. The zero-order valence-corrected chi connectivity index (χ0v) is 6.57. The van der Waals surface area contributed by atoms with Gasteiger partial charge in [-0.1, -0.05) is 0 Å². The van der Waals surface area contributed by atoms with Gasteiger partial charge < -0.3 is 4.42 Å². The first kappa shape index (κ1) is 7.03. The summed E-state index contributed by atoms with van der Waals surface area (Å²) in [5.74, 6) is 0.348. The Balaban J connectivity index is 2.82. The Morgan fingerprint density at radius 1 is 1.50 bits per heavy atom. The number of aromatic nitrogens is 1. The third-order valence-corrected chi connectivity index (χ3v) is 1.74. The predicted molar refractivity (Wildman–Crippen MR) is 44.1 cm³/mol. The van der Waals surface area contributed by atoms with E-state index in [1.807, 2.05) is 6.92 Å². The van der Waals surface area contributed by atoms with Crippen LogP contribution < -0.4 is 0 Å². The molecule has 0 radical (unpaired) electrons. The molecule has 0 amide bonds.